The Balaban J connectivity index is 2.65. The van der Waals surface area contributed by atoms with Gasteiger partial charge >= 0.3 is 0 Å². The molecule has 1 rings (SSSR count). The van der Waals surface area contributed by atoms with Gasteiger partial charge in [0.05, 0.1) is 5.56 Å². The molecular weight excluding hydrogens is 263 g/mol. The molecule has 0 radical (unpaired) electrons. The highest BCUT2D eigenvalue weighted by molar-refractivity contribution is 9.10. The minimum Gasteiger partial charge on any atom is -0.351 e. The zero-order valence-electron chi connectivity index (χ0n) is 8.31. The highest BCUT2D eigenvalue weighted by Gasteiger charge is 2.09. The Hall–Kier alpha value is -0.940. The van der Waals surface area contributed by atoms with Crippen molar-refractivity contribution in [3.8, 4) is 0 Å². The summed E-state index contributed by atoms with van der Waals surface area (Å²) in [6.45, 7) is 1.24. The maximum Gasteiger partial charge on any atom is 0.252 e. The Labute approximate surface area is 96.2 Å². The molecule has 0 unspecified atom stereocenters. The van der Waals surface area contributed by atoms with Gasteiger partial charge in [0.1, 0.15) is 5.82 Å². The van der Waals surface area contributed by atoms with Crippen LogP contribution in [-0.2, 0) is 0 Å². The van der Waals surface area contributed by atoms with Gasteiger partial charge in [-0.25, -0.2) is 4.39 Å². The normalized spacial score (nSPS) is 10.1. The van der Waals surface area contributed by atoms with Gasteiger partial charge in [-0.15, -0.1) is 0 Å². The maximum absolute atomic E-state index is 12.7. The molecule has 2 N–H and O–H groups in total. The molecule has 0 fully saturated rings. The lowest BCUT2D eigenvalue weighted by Gasteiger charge is -2.06. The van der Waals surface area contributed by atoms with E-state index in [9.17, 15) is 9.18 Å². The molecule has 0 saturated heterocycles. The number of carbonyl (C=O) groups excluding carboxylic acids is 1. The standard InChI is InChI=1S/C10H12BrFN2O/c1-13-4-5-14-10(15)8-3-2-7(12)6-9(8)11/h2-3,6,13H,4-5H2,1H3,(H,14,15). The molecule has 0 aliphatic rings. The fourth-order valence-electron chi connectivity index (χ4n) is 1.07. The second-order valence-electron chi connectivity index (χ2n) is 2.98. The quantitative estimate of drug-likeness (QED) is 0.818. The van der Waals surface area contributed by atoms with Crippen LogP contribution in [0.5, 0.6) is 0 Å². The van der Waals surface area contributed by atoms with E-state index in [1.165, 1.54) is 18.2 Å². The summed E-state index contributed by atoms with van der Waals surface area (Å²) in [5.41, 5.74) is 0.438. The van der Waals surface area contributed by atoms with E-state index < -0.39 is 0 Å². The number of amides is 1. The Bertz CT molecular complexity index is 357. The third kappa shape index (κ3) is 3.60. The van der Waals surface area contributed by atoms with E-state index in [4.69, 9.17) is 0 Å². The van der Waals surface area contributed by atoms with Gasteiger partial charge in [0.2, 0.25) is 0 Å². The van der Waals surface area contributed by atoms with Crippen molar-refractivity contribution < 1.29 is 9.18 Å². The van der Waals surface area contributed by atoms with E-state index in [0.717, 1.165) is 0 Å². The fourth-order valence-corrected chi connectivity index (χ4v) is 1.60. The summed E-state index contributed by atoms with van der Waals surface area (Å²) < 4.78 is 13.2. The van der Waals surface area contributed by atoms with Crippen LogP contribution in [0.2, 0.25) is 0 Å². The van der Waals surface area contributed by atoms with E-state index in [0.29, 0.717) is 23.1 Å². The highest BCUT2D eigenvalue weighted by Crippen LogP contribution is 2.17. The number of benzene rings is 1. The fraction of sp³-hybridized carbons (Fsp3) is 0.300. The van der Waals surface area contributed by atoms with Gasteiger partial charge in [0.25, 0.3) is 5.91 Å². The van der Waals surface area contributed by atoms with E-state index in [1.807, 2.05) is 0 Å². The van der Waals surface area contributed by atoms with Crippen LogP contribution in [0.25, 0.3) is 0 Å². The van der Waals surface area contributed by atoms with Crippen molar-refractivity contribution in [1.82, 2.24) is 10.6 Å². The van der Waals surface area contributed by atoms with Crippen molar-refractivity contribution in [2.75, 3.05) is 20.1 Å². The first-order valence-corrected chi connectivity index (χ1v) is 5.32. The summed E-state index contributed by atoms with van der Waals surface area (Å²) in [4.78, 5) is 11.6. The van der Waals surface area contributed by atoms with Crippen LogP contribution in [0.15, 0.2) is 22.7 Å². The molecule has 82 valence electrons. The average Bonchev–Trinajstić information content (AvgIpc) is 2.17. The lowest BCUT2D eigenvalue weighted by Crippen LogP contribution is -2.30. The number of hydrogen-bond acceptors (Lipinski definition) is 2. The van der Waals surface area contributed by atoms with Crippen molar-refractivity contribution in [3.05, 3.63) is 34.1 Å². The molecule has 0 aliphatic carbocycles. The predicted octanol–water partition coefficient (Wildman–Crippen LogP) is 1.54. The minimum atomic E-state index is -0.367. The average molecular weight is 275 g/mol. The third-order valence-electron chi connectivity index (χ3n) is 1.84. The van der Waals surface area contributed by atoms with Crippen LogP contribution in [0.3, 0.4) is 0 Å². The van der Waals surface area contributed by atoms with Crippen molar-refractivity contribution in [2.45, 2.75) is 0 Å². The molecule has 0 bridgehead atoms. The largest absolute Gasteiger partial charge is 0.351 e. The van der Waals surface area contributed by atoms with Crippen molar-refractivity contribution >= 4 is 21.8 Å². The first kappa shape index (κ1) is 12.1. The second kappa shape index (κ2) is 5.82. The Morgan fingerprint density at radius 1 is 1.47 bits per heavy atom. The molecular formula is C10H12BrFN2O. The lowest BCUT2D eigenvalue weighted by atomic mass is 10.2. The summed E-state index contributed by atoms with van der Waals surface area (Å²) in [5.74, 6) is -0.578. The number of hydrogen-bond donors (Lipinski definition) is 2. The number of halogens is 2. The molecule has 1 aromatic carbocycles. The van der Waals surface area contributed by atoms with Crippen molar-refractivity contribution in [1.29, 1.82) is 0 Å². The van der Waals surface area contributed by atoms with Gasteiger partial charge in [-0.1, -0.05) is 0 Å². The van der Waals surface area contributed by atoms with Crippen LogP contribution in [0, 0.1) is 5.82 Å². The zero-order valence-corrected chi connectivity index (χ0v) is 9.90. The van der Waals surface area contributed by atoms with Crippen LogP contribution >= 0.6 is 15.9 Å². The molecule has 0 saturated carbocycles. The number of rotatable bonds is 4. The van der Waals surface area contributed by atoms with Gasteiger partial charge in [-0.05, 0) is 41.2 Å². The molecule has 1 aromatic rings. The number of likely N-dealkylation sites (N-methyl/N-ethyl adjacent to an activating group) is 1. The first-order chi connectivity index (χ1) is 7.15. The first-order valence-electron chi connectivity index (χ1n) is 4.53. The predicted molar refractivity (Wildman–Crippen MR) is 60.4 cm³/mol. The van der Waals surface area contributed by atoms with Gasteiger partial charge in [0.15, 0.2) is 0 Å². The molecule has 0 spiro atoms. The Kier molecular flexibility index (Phi) is 4.71. The summed E-state index contributed by atoms with van der Waals surface area (Å²) in [7, 11) is 1.81. The number of nitrogens with one attached hydrogen (secondary N) is 2. The number of carbonyl (C=O) groups is 1. The van der Waals surface area contributed by atoms with Gasteiger partial charge in [-0.2, -0.15) is 0 Å². The van der Waals surface area contributed by atoms with Gasteiger partial charge in [0, 0.05) is 17.6 Å². The summed E-state index contributed by atoms with van der Waals surface area (Å²) in [6, 6.07) is 3.98. The van der Waals surface area contributed by atoms with Crippen LogP contribution in [0.4, 0.5) is 4.39 Å². The molecule has 15 heavy (non-hydrogen) atoms. The molecule has 1 amide bonds. The van der Waals surface area contributed by atoms with E-state index in [1.54, 1.807) is 7.05 Å². The SMILES string of the molecule is CNCCNC(=O)c1ccc(F)cc1Br. The third-order valence-corrected chi connectivity index (χ3v) is 2.49. The van der Waals surface area contributed by atoms with Crippen molar-refractivity contribution in [2.24, 2.45) is 0 Å². The zero-order chi connectivity index (χ0) is 11.3. The topological polar surface area (TPSA) is 41.1 Å². The molecule has 0 aromatic heterocycles. The summed E-state index contributed by atoms with van der Waals surface area (Å²) in [6.07, 6.45) is 0. The molecule has 3 nitrogen and oxygen atoms in total. The molecule has 0 heterocycles. The molecule has 0 atom stereocenters. The summed E-state index contributed by atoms with van der Waals surface area (Å²) >= 11 is 3.14. The summed E-state index contributed by atoms with van der Waals surface area (Å²) in [5, 5.41) is 5.62. The monoisotopic (exact) mass is 274 g/mol. The lowest BCUT2D eigenvalue weighted by molar-refractivity contribution is 0.0953. The van der Waals surface area contributed by atoms with Gasteiger partial charge < -0.3 is 10.6 Å². The second-order valence-corrected chi connectivity index (χ2v) is 3.84. The highest BCUT2D eigenvalue weighted by atomic mass is 79.9. The Morgan fingerprint density at radius 3 is 2.80 bits per heavy atom. The van der Waals surface area contributed by atoms with Crippen LogP contribution < -0.4 is 10.6 Å². The minimum absolute atomic E-state index is 0.211. The van der Waals surface area contributed by atoms with Crippen molar-refractivity contribution in [3.63, 3.8) is 0 Å². The van der Waals surface area contributed by atoms with E-state index >= 15 is 0 Å². The van der Waals surface area contributed by atoms with Crippen LogP contribution in [-0.4, -0.2) is 26.0 Å². The molecule has 5 heteroatoms. The van der Waals surface area contributed by atoms with E-state index in [-0.39, 0.29) is 11.7 Å². The van der Waals surface area contributed by atoms with Crippen LogP contribution in [0.1, 0.15) is 10.4 Å². The van der Waals surface area contributed by atoms with Gasteiger partial charge in [-0.3, -0.25) is 4.79 Å². The molecule has 0 aliphatic heterocycles. The van der Waals surface area contributed by atoms with E-state index in [2.05, 4.69) is 26.6 Å². The smallest absolute Gasteiger partial charge is 0.252 e. The maximum atomic E-state index is 12.7. The Morgan fingerprint density at radius 2 is 2.20 bits per heavy atom.